The van der Waals surface area contributed by atoms with Gasteiger partial charge in [-0.2, -0.15) is 0 Å². The van der Waals surface area contributed by atoms with Gasteiger partial charge >= 0.3 is 5.69 Å². The molecule has 21 heavy (non-hydrogen) atoms. The van der Waals surface area contributed by atoms with Gasteiger partial charge in [-0.25, -0.2) is 4.79 Å². The molecule has 0 unspecified atom stereocenters. The molecule has 9 nitrogen and oxygen atoms in total. The highest BCUT2D eigenvalue weighted by Crippen LogP contribution is 2.28. The van der Waals surface area contributed by atoms with Crippen molar-refractivity contribution < 1.29 is 24.8 Å². The lowest BCUT2D eigenvalue weighted by Gasteiger charge is -2.17. The van der Waals surface area contributed by atoms with Crippen LogP contribution < -0.4 is 16.0 Å². The normalized spacial score (nSPS) is 28.8. The third-order valence-corrected chi connectivity index (χ3v) is 3.38. The Balaban J connectivity index is 2.35. The predicted molar refractivity (Wildman–Crippen MR) is 73.6 cm³/mol. The lowest BCUT2D eigenvalue weighted by atomic mass is 10.1. The van der Waals surface area contributed by atoms with Crippen molar-refractivity contribution >= 4 is 15.9 Å². The van der Waals surface area contributed by atoms with Gasteiger partial charge in [-0.1, -0.05) is 15.9 Å². The highest BCUT2D eigenvalue weighted by Gasteiger charge is 2.43. The van der Waals surface area contributed by atoms with Crippen LogP contribution in [0, 0.1) is 0 Å². The Morgan fingerprint density at radius 1 is 1.38 bits per heavy atom. The van der Waals surface area contributed by atoms with Gasteiger partial charge in [0.15, 0.2) is 6.23 Å². The van der Waals surface area contributed by atoms with Crippen LogP contribution in [-0.2, 0) is 4.74 Å². The number of hydrogen-bond acceptors (Lipinski definition) is 7. The van der Waals surface area contributed by atoms with Gasteiger partial charge in [-0.05, 0) is 0 Å². The quantitative estimate of drug-likeness (QED) is 0.439. The zero-order valence-corrected chi connectivity index (χ0v) is 12.4. The van der Waals surface area contributed by atoms with E-state index < -0.39 is 42.4 Å². The fourth-order valence-electron chi connectivity index (χ4n) is 2.02. The molecule has 1 aliphatic heterocycles. The van der Waals surface area contributed by atoms with Crippen LogP contribution in [0.5, 0.6) is 5.75 Å². The molecule has 0 spiro atoms. The molecule has 1 aliphatic rings. The molecule has 0 saturated carbocycles. The summed E-state index contributed by atoms with van der Waals surface area (Å²) in [5.74, 6) is -0.119. The monoisotopic (exact) mass is 366 g/mol. The van der Waals surface area contributed by atoms with Crippen LogP contribution in [0.2, 0.25) is 0 Å². The first-order chi connectivity index (χ1) is 9.99. The van der Waals surface area contributed by atoms with E-state index in [1.54, 1.807) is 0 Å². The molecule has 0 aliphatic carbocycles. The van der Waals surface area contributed by atoms with Crippen LogP contribution in [0.15, 0.2) is 15.8 Å². The Labute approximate surface area is 126 Å². The molecule has 2 rings (SSSR count). The average Bonchev–Trinajstić information content (AvgIpc) is 2.74. The lowest BCUT2D eigenvalue weighted by molar-refractivity contribution is -0.0553. The van der Waals surface area contributed by atoms with E-state index in [0.29, 0.717) is 5.33 Å². The van der Waals surface area contributed by atoms with Gasteiger partial charge in [-0.15, -0.1) is 0 Å². The number of aliphatic hydroxyl groups excluding tert-OH is 3. The molecule has 10 heteroatoms. The van der Waals surface area contributed by atoms with Crippen LogP contribution in [-0.4, -0.2) is 61.7 Å². The van der Waals surface area contributed by atoms with E-state index in [4.69, 9.17) is 14.6 Å². The number of alkyl halides is 1. The Morgan fingerprint density at radius 2 is 2.10 bits per heavy atom. The van der Waals surface area contributed by atoms with Crippen LogP contribution in [0.1, 0.15) is 6.23 Å². The van der Waals surface area contributed by atoms with Crippen molar-refractivity contribution in [3.8, 4) is 5.75 Å². The summed E-state index contributed by atoms with van der Waals surface area (Å²) >= 11 is 3.13. The molecule has 1 fully saturated rings. The first kappa shape index (κ1) is 16.2. The van der Waals surface area contributed by atoms with E-state index in [1.165, 1.54) is 0 Å². The van der Waals surface area contributed by atoms with Gasteiger partial charge in [0.2, 0.25) is 5.75 Å². The summed E-state index contributed by atoms with van der Waals surface area (Å²) in [6.45, 7) is -0.309. The number of aliphatic hydroxyl groups is 3. The molecular formula is C11H15BrN2O7. The lowest BCUT2D eigenvalue weighted by Crippen LogP contribution is -2.38. The minimum atomic E-state index is -1.42. The molecule has 0 amide bonds. The first-order valence-electron chi connectivity index (χ1n) is 6.16. The molecule has 1 aromatic rings. The van der Waals surface area contributed by atoms with Gasteiger partial charge in [0.25, 0.3) is 5.56 Å². The van der Waals surface area contributed by atoms with Crippen molar-refractivity contribution in [1.82, 2.24) is 9.55 Å². The summed E-state index contributed by atoms with van der Waals surface area (Å²) in [6, 6.07) is 0. The summed E-state index contributed by atoms with van der Waals surface area (Å²) in [4.78, 5) is 25.4. The molecule has 118 valence electrons. The fraction of sp³-hybridized carbons (Fsp3) is 0.636. The van der Waals surface area contributed by atoms with E-state index in [2.05, 4.69) is 15.9 Å². The molecule has 2 heterocycles. The van der Waals surface area contributed by atoms with Gasteiger partial charge in [0.1, 0.15) is 18.3 Å². The van der Waals surface area contributed by atoms with Crippen LogP contribution in [0.25, 0.3) is 0 Å². The molecule has 1 aromatic heterocycles. The Bertz CT molecular complexity index is 601. The number of H-pyrrole nitrogens is 1. The highest BCUT2D eigenvalue weighted by atomic mass is 79.9. The van der Waals surface area contributed by atoms with E-state index in [-0.39, 0.29) is 12.4 Å². The van der Waals surface area contributed by atoms with Crippen LogP contribution in [0.3, 0.4) is 0 Å². The van der Waals surface area contributed by atoms with E-state index in [0.717, 1.165) is 10.8 Å². The number of ether oxygens (including phenoxy) is 2. The standard InChI is InChI=1S/C11H15BrN2O7/c12-1-2-20-5-3-14(11(19)13-9(5)18)10-8(17)7(16)6(4-15)21-10/h3,6-8,10,15-17H,1-2,4H2,(H,13,18,19)/t6-,7-,8-,10-/m1/s1. The number of rotatable bonds is 5. The van der Waals surface area contributed by atoms with Gasteiger partial charge in [0, 0.05) is 5.33 Å². The van der Waals surface area contributed by atoms with Crippen molar-refractivity contribution in [2.75, 3.05) is 18.5 Å². The van der Waals surface area contributed by atoms with Gasteiger partial charge in [0.05, 0.1) is 19.4 Å². The summed E-state index contributed by atoms with van der Waals surface area (Å²) in [7, 11) is 0. The molecule has 0 radical (unpaired) electrons. The third kappa shape index (κ3) is 3.19. The van der Waals surface area contributed by atoms with E-state index in [9.17, 15) is 19.8 Å². The molecule has 4 N–H and O–H groups in total. The second kappa shape index (κ2) is 6.71. The number of aromatic nitrogens is 2. The number of nitrogens with one attached hydrogen (secondary N) is 1. The average molecular weight is 367 g/mol. The predicted octanol–water partition coefficient (Wildman–Crippen LogP) is -2.08. The molecule has 0 bridgehead atoms. The maximum Gasteiger partial charge on any atom is 0.330 e. The Hall–Kier alpha value is -1.20. The molecule has 4 atom stereocenters. The SMILES string of the molecule is O=c1[nH]c(=O)n([C@@H]2O[C@H](CO)[C@@H](O)[C@H]2O)cc1OCCBr. The number of nitrogens with zero attached hydrogens (tertiary/aromatic N) is 1. The zero-order valence-electron chi connectivity index (χ0n) is 10.8. The minimum Gasteiger partial charge on any atom is -0.486 e. The van der Waals surface area contributed by atoms with Gasteiger partial charge < -0.3 is 24.8 Å². The van der Waals surface area contributed by atoms with Crippen molar-refractivity contribution in [2.24, 2.45) is 0 Å². The first-order valence-corrected chi connectivity index (χ1v) is 7.28. The van der Waals surface area contributed by atoms with Gasteiger partial charge in [-0.3, -0.25) is 14.3 Å². The minimum absolute atomic E-state index is 0.119. The van der Waals surface area contributed by atoms with Crippen molar-refractivity contribution in [1.29, 1.82) is 0 Å². The second-order valence-corrected chi connectivity index (χ2v) is 5.22. The second-order valence-electron chi connectivity index (χ2n) is 4.43. The largest absolute Gasteiger partial charge is 0.486 e. The van der Waals surface area contributed by atoms with Crippen LogP contribution >= 0.6 is 15.9 Å². The van der Waals surface area contributed by atoms with Crippen molar-refractivity contribution in [2.45, 2.75) is 24.5 Å². The molecular weight excluding hydrogens is 352 g/mol. The Kier molecular flexibility index (Phi) is 5.17. The fourth-order valence-corrected chi connectivity index (χ4v) is 2.18. The number of halogens is 1. The number of hydrogen-bond donors (Lipinski definition) is 4. The van der Waals surface area contributed by atoms with Crippen molar-refractivity contribution in [3.05, 3.63) is 27.0 Å². The topological polar surface area (TPSA) is 134 Å². The highest BCUT2D eigenvalue weighted by molar-refractivity contribution is 9.09. The summed E-state index contributed by atoms with van der Waals surface area (Å²) in [6.07, 6.45) is -3.91. The Morgan fingerprint density at radius 3 is 2.67 bits per heavy atom. The third-order valence-electron chi connectivity index (χ3n) is 3.06. The summed E-state index contributed by atoms with van der Waals surface area (Å²) in [5, 5.41) is 29.1. The maximum atomic E-state index is 11.8. The number of aromatic amines is 1. The maximum absolute atomic E-state index is 11.8. The molecule has 0 aromatic carbocycles. The molecule has 1 saturated heterocycles. The smallest absolute Gasteiger partial charge is 0.330 e. The van der Waals surface area contributed by atoms with E-state index >= 15 is 0 Å². The summed E-state index contributed by atoms with van der Waals surface area (Å²) < 4.78 is 11.3. The van der Waals surface area contributed by atoms with E-state index in [1.807, 2.05) is 4.98 Å². The van der Waals surface area contributed by atoms with Crippen LogP contribution in [0.4, 0.5) is 0 Å². The zero-order chi connectivity index (χ0) is 15.6. The summed E-state index contributed by atoms with van der Waals surface area (Å²) in [5.41, 5.74) is -1.52. The van der Waals surface area contributed by atoms with Crippen molar-refractivity contribution in [3.63, 3.8) is 0 Å².